The van der Waals surface area contributed by atoms with Crippen LogP contribution in [-0.2, 0) is 9.53 Å². The first kappa shape index (κ1) is 14.0. The highest BCUT2D eigenvalue weighted by atomic mass is 16.5. The van der Waals surface area contributed by atoms with Crippen molar-refractivity contribution < 1.29 is 9.53 Å². The summed E-state index contributed by atoms with van der Waals surface area (Å²) < 4.78 is 5.15. The summed E-state index contributed by atoms with van der Waals surface area (Å²) in [5, 5.41) is 3.23. The van der Waals surface area contributed by atoms with E-state index in [-0.39, 0.29) is 11.9 Å². The van der Waals surface area contributed by atoms with Gasteiger partial charge in [-0.25, -0.2) is 0 Å². The Morgan fingerprint density at radius 2 is 2.32 bits per heavy atom. The summed E-state index contributed by atoms with van der Waals surface area (Å²) >= 11 is 0. The van der Waals surface area contributed by atoms with E-state index in [1.54, 1.807) is 7.11 Å². The molecule has 1 N–H and O–H groups in total. The Morgan fingerprint density at radius 3 is 3.18 bits per heavy atom. The SMILES string of the molecule is COCCN1CCC[C@H](NC(=O)C2=C3C=C4CC4=C3C=C2)C1. The third kappa shape index (κ3) is 2.46. The average molecular weight is 298 g/mol. The highest BCUT2D eigenvalue weighted by Crippen LogP contribution is 2.51. The lowest BCUT2D eigenvalue weighted by atomic mass is 10.0. The van der Waals surface area contributed by atoms with Crippen LogP contribution >= 0.6 is 0 Å². The van der Waals surface area contributed by atoms with Gasteiger partial charge in [0.05, 0.1) is 6.61 Å². The van der Waals surface area contributed by atoms with Gasteiger partial charge < -0.3 is 10.1 Å². The largest absolute Gasteiger partial charge is 0.383 e. The molecule has 4 aliphatic rings. The van der Waals surface area contributed by atoms with Crippen molar-refractivity contribution in [1.82, 2.24) is 10.2 Å². The molecule has 1 amide bonds. The molecule has 0 aromatic carbocycles. The molecule has 1 atom stereocenters. The molecule has 22 heavy (non-hydrogen) atoms. The maximum Gasteiger partial charge on any atom is 0.252 e. The lowest BCUT2D eigenvalue weighted by molar-refractivity contribution is -0.118. The smallest absolute Gasteiger partial charge is 0.252 e. The van der Waals surface area contributed by atoms with E-state index in [4.69, 9.17) is 4.74 Å². The maximum absolute atomic E-state index is 12.6. The average Bonchev–Trinajstić information content (AvgIpc) is 3.00. The first-order valence-electron chi connectivity index (χ1n) is 8.15. The van der Waals surface area contributed by atoms with Gasteiger partial charge in [0.1, 0.15) is 0 Å². The predicted octanol–water partition coefficient (Wildman–Crippen LogP) is 1.72. The molecule has 1 aliphatic heterocycles. The van der Waals surface area contributed by atoms with Crippen molar-refractivity contribution in [1.29, 1.82) is 0 Å². The molecule has 0 bridgehead atoms. The molecule has 0 unspecified atom stereocenters. The second-order valence-corrected chi connectivity index (χ2v) is 6.51. The number of piperidine rings is 1. The van der Waals surface area contributed by atoms with Crippen molar-refractivity contribution in [3.8, 4) is 0 Å². The maximum atomic E-state index is 12.6. The number of carbonyl (C=O) groups is 1. The van der Waals surface area contributed by atoms with Crippen molar-refractivity contribution in [2.24, 2.45) is 0 Å². The fourth-order valence-electron chi connectivity index (χ4n) is 3.69. The molecule has 0 spiro atoms. The number of likely N-dealkylation sites (tertiary alicyclic amines) is 1. The molecule has 1 heterocycles. The van der Waals surface area contributed by atoms with E-state index in [0.717, 1.165) is 56.6 Å². The zero-order valence-electron chi connectivity index (χ0n) is 13.0. The Bertz CT molecular complexity index is 639. The second kappa shape index (κ2) is 5.52. The molecule has 1 saturated carbocycles. The van der Waals surface area contributed by atoms with Crippen LogP contribution in [0.5, 0.6) is 0 Å². The van der Waals surface area contributed by atoms with E-state index >= 15 is 0 Å². The molecule has 4 rings (SSSR count). The van der Waals surface area contributed by atoms with Gasteiger partial charge in [-0.2, -0.15) is 0 Å². The van der Waals surface area contributed by atoms with Crippen LogP contribution in [0.1, 0.15) is 19.3 Å². The Labute approximate surface area is 131 Å². The number of hydrogen-bond acceptors (Lipinski definition) is 3. The number of allylic oxidation sites excluding steroid dienone is 6. The van der Waals surface area contributed by atoms with Crippen LogP contribution in [-0.4, -0.2) is 50.2 Å². The van der Waals surface area contributed by atoms with Gasteiger partial charge in [-0.1, -0.05) is 6.08 Å². The summed E-state index contributed by atoms with van der Waals surface area (Å²) in [6, 6.07) is 0.250. The molecule has 0 aromatic heterocycles. The zero-order valence-corrected chi connectivity index (χ0v) is 13.0. The summed E-state index contributed by atoms with van der Waals surface area (Å²) in [5.74, 6) is 0.0820. The first-order chi connectivity index (χ1) is 10.8. The van der Waals surface area contributed by atoms with Gasteiger partial charge in [-0.3, -0.25) is 9.69 Å². The molecule has 3 aliphatic carbocycles. The minimum Gasteiger partial charge on any atom is -0.383 e. The van der Waals surface area contributed by atoms with Crippen LogP contribution in [0.2, 0.25) is 0 Å². The van der Waals surface area contributed by atoms with E-state index in [1.807, 2.05) is 6.08 Å². The van der Waals surface area contributed by atoms with Crippen molar-refractivity contribution >= 4 is 5.91 Å². The molecule has 4 nitrogen and oxygen atoms in total. The van der Waals surface area contributed by atoms with E-state index in [1.165, 1.54) is 16.7 Å². The highest BCUT2D eigenvalue weighted by Gasteiger charge is 2.36. The van der Waals surface area contributed by atoms with Gasteiger partial charge in [-0.05, 0) is 60.3 Å². The van der Waals surface area contributed by atoms with E-state index in [2.05, 4.69) is 22.4 Å². The van der Waals surface area contributed by atoms with E-state index in [9.17, 15) is 4.79 Å². The van der Waals surface area contributed by atoms with Gasteiger partial charge in [-0.15, -0.1) is 0 Å². The first-order valence-corrected chi connectivity index (χ1v) is 8.15. The molecular weight excluding hydrogens is 276 g/mol. The van der Waals surface area contributed by atoms with Crippen LogP contribution in [0.25, 0.3) is 0 Å². The Kier molecular flexibility index (Phi) is 3.51. The fourth-order valence-corrected chi connectivity index (χ4v) is 3.69. The zero-order chi connectivity index (χ0) is 15.1. The predicted molar refractivity (Wildman–Crippen MR) is 85.4 cm³/mol. The van der Waals surface area contributed by atoms with Crippen LogP contribution in [0, 0.1) is 0 Å². The Morgan fingerprint density at radius 1 is 1.41 bits per heavy atom. The summed E-state index contributed by atoms with van der Waals surface area (Å²) in [5.41, 5.74) is 6.13. The number of hydrogen-bond donors (Lipinski definition) is 1. The van der Waals surface area contributed by atoms with Crippen molar-refractivity contribution in [2.75, 3.05) is 33.4 Å². The Hall–Kier alpha value is -1.65. The summed E-state index contributed by atoms with van der Waals surface area (Å²) in [6.45, 7) is 3.73. The van der Waals surface area contributed by atoms with Gasteiger partial charge in [0.25, 0.3) is 5.91 Å². The number of methoxy groups -OCH3 is 1. The lowest BCUT2D eigenvalue weighted by Gasteiger charge is -2.33. The molecular formula is C18H22N2O2. The molecule has 0 aromatic rings. The standard InChI is InChI=1S/C18H22N2O2/c1-22-8-7-20-6-2-3-13(11-20)19-18(21)15-5-4-14-16-9-12(16)10-17(14)15/h4-5,10,13H,2-3,6-9,11H2,1H3,(H,19,21)/t13-/m0/s1. The van der Waals surface area contributed by atoms with Gasteiger partial charge in [0.15, 0.2) is 0 Å². The number of carbonyl (C=O) groups excluding carboxylic acids is 1. The third-order valence-electron chi connectivity index (χ3n) is 4.97. The van der Waals surface area contributed by atoms with E-state index in [0.29, 0.717) is 0 Å². The van der Waals surface area contributed by atoms with Crippen LogP contribution in [0.3, 0.4) is 0 Å². The number of fused-ring (bicyclic) bond motifs is 2. The van der Waals surface area contributed by atoms with Crippen LogP contribution in [0.15, 0.2) is 46.1 Å². The quantitative estimate of drug-likeness (QED) is 0.840. The van der Waals surface area contributed by atoms with Crippen LogP contribution < -0.4 is 5.32 Å². The fraction of sp³-hybridized carbons (Fsp3) is 0.500. The Balaban J connectivity index is 1.39. The molecule has 116 valence electrons. The molecule has 1 saturated heterocycles. The number of nitrogens with zero attached hydrogens (tertiary/aromatic N) is 1. The van der Waals surface area contributed by atoms with Crippen molar-refractivity contribution in [3.05, 3.63) is 46.1 Å². The number of ether oxygens (including phenoxy) is 1. The minimum atomic E-state index is 0.0820. The molecule has 0 radical (unpaired) electrons. The topological polar surface area (TPSA) is 41.6 Å². The summed E-state index contributed by atoms with van der Waals surface area (Å²) in [4.78, 5) is 15.0. The van der Waals surface area contributed by atoms with Gasteiger partial charge in [0, 0.05) is 31.8 Å². The number of rotatable bonds is 5. The number of nitrogens with one attached hydrogen (secondary N) is 1. The van der Waals surface area contributed by atoms with Gasteiger partial charge >= 0.3 is 0 Å². The monoisotopic (exact) mass is 298 g/mol. The van der Waals surface area contributed by atoms with Crippen LogP contribution in [0.4, 0.5) is 0 Å². The highest BCUT2D eigenvalue weighted by molar-refractivity contribution is 6.02. The summed E-state index contributed by atoms with van der Waals surface area (Å²) in [7, 11) is 1.73. The summed E-state index contributed by atoms with van der Waals surface area (Å²) in [6.07, 6.45) is 9.58. The van der Waals surface area contributed by atoms with Gasteiger partial charge in [0.2, 0.25) is 0 Å². The van der Waals surface area contributed by atoms with Crippen molar-refractivity contribution in [2.45, 2.75) is 25.3 Å². The van der Waals surface area contributed by atoms with Crippen molar-refractivity contribution in [3.63, 3.8) is 0 Å². The molecule has 4 heteroatoms. The minimum absolute atomic E-state index is 0.0820. The number of amides is 1. The second-order valence-electron chi connectivity index (χ2n) is 6.51. The normalized spacial score (nSPS) is 26.2. The molecule has 2 fully saturated rings. The van der Waals surface area contributed by atoms with E-state index < -0.39 is 0 Å². The lowest BCUT2D eigenvalue weighted by Crippen LogP contribution is -2.48. The third-order valence-corrected chi connectivity index (χ3v) is 4.97.